The average molecular weight is 479 g/mol. The lowest BCUT2D eigenvalue weighted by molar-refractivity contribution is -0.189. The highest BCUT2D eigenvalue weighted by Crippen LogP contribution is 2.49. The van der Waals surface area contributed by atoms with Crippen molar-refractivity contribution >= 4 is 0 Å². The van der Waals surface area contributed by atoms with E-state index in [2.05, 4.69) is 31.7 Å². The molecule has 3 nitrogen and oxygen atoms in total. The fourth-order valence-corrected chi connectivity index (χ4v) is 6.41. The third-order valence-electron chi connectivity index (χ3n) is 8.93. The Kier molecular flexibility index (Phi) is 8.97. The topological polar surface area (TPSA) is 60.7 Å². The minimum absolute atomic E-state index is 0.00658. The van der Waals surface area contributed by atoms with Gasteiger partial charge in [0.1, 0.15) is 5.60 Å². The molecule has 0 saturated heterocycles. The van der Waals surface area contributed by atoms with Crippen molar-refractivity contribution in [3.05, 3.63) is 47.1 Å². The number of allylic oxidation sites excluding steroid dienone is 5. The maximum absolute atomic E-state index is 14.8. The summed E-state index contributed by atoms with van der Waals surface area (Å²) in [5.74, 6) is -2.25. The normalized spacial score (nSPS) is 31.6. The molecule has 192 valence electrons. The van der Waals surface area contributed by atoms with E-state index in [4.69, 9.17) is 0 Å². The zero-order valence-corrected chi connectivity index (χ0v) is 21.2. The van der Waals surface area contributed by atoms with Gasteiger partial charge in [-0.1, -0.05) is 56.7 Å². The average Bonchev–Trinajstić information content (AvgIpc) is 3.27. The van der Waals surface area contributed by atoms with Gasteiger partial charge in [-0.3, -0.25) is 0 Å². The second kappa shape index (κ2) is 11.2. The minimum atomic E-state index is -3.08. The fourth-order valence-electron chi connectivity index (χ4n) is 6.41. The Morgan fingerprint density at radius 3 is 2.56 bits per heavy atom. The highest BCUT2D eigenvalue weighted by Gasteiger charge is 2.49. The van der Waals surface area contributed by atoms with Gasteiger partial charge in [-0.05, 0) is 86.7 Å². The number of aliphatic hydroxyl groups excluding tert-OH is 2. The molecule has 0 aliphatic heterocycles. The summed E-state index contributed by atoms with van der Waals surface area (Å²) in [6, 6.07) is 0. The Balaban J connectivity index is 1.67. The van der Waals surface area contributed by atoms with Gasteiger partial charge < -0.3 is 15.3 Å². The zero-order valence-electron chi connectivity index (χ0n) is 21.2. The number of rotatable bonds is 9. The third kappa shape index (κ3) is 5.57. The summed E-state index contributed by atoms with van der Waals surface area (Å²) in [5.41, 5.74) is 2.74. The molecular weight excluding hydrogens is 434 g/mol. The van der Waals surface area contributed by atoms with Gasteiger partial charge in [-0.15, -0.1) is 0 Å². The largest absolute Gasteiger partial charge is 0.396 e. The monoisotopic (exact) mass is 478 g/mol. The summed E-state index contributed by atoms with van der Waals surface area (Å²) in [4.78, 5) is 0. The molecule has 0 spiro atoms. The molecule has 34 heavy (non-hydrogen) atoms. The molecule has 5 heteroatoms. The van der Waals surface area contributed by atoms with Gasteiger partial charge in [0.15, 0.2) is 0 Å². The van der Waals surface area contributed by atoms with Crippen molar-refractivity contribution in [2.75, 3.05) is 6.61 Å². The molecule has 3 aliphatic rings. The molecule has 3 aliphatic carbocycles. The first kappa shape index (κ1) is 27.3. The summed E-state index contributed by atoms with van der Waals surface area (Å²) in [5, 5.41) is 30.2. The van der Waals surface area contributed by atoms with E-state index in [0.29, 0.717) is 31.1 Å². The number of hydrogen-bond donors (Lipinski definition) is 3. The highest BCUT2D eigenvalue weighted by atomic mass is 19.3. The first-order valence-electron chi connectivity index (χ1n) is 13.2. The van der Waals surface area contributed by atoms with Crippen LogP contribution < -0.4 is 0 Å². The van der Waals surface area contributed by atoms with Gasteiger partial charge in [0.25, 0.3) is 5.92 Å². The van der Waals surface area contributed by atoms with Crippen molar-refractivity contribution < 1.29 is 24.1 Å². The summed E-state index contributed by atoms with van der Waals surface area (Å²) in [6.07, 6.45) is 11.6. The first-order chi connectivity index (χ1) is 16.1. The van der Waals surface area contributed by atoms with Gasteiger partial charge in [0.2, 0.25) is 0 Å². The Labute approximate surface area is 204 Å². The van der Waals surface area contributed by atoms with Crippen LogP contribution in [0.1, 0.15) is 85.0 Å². The molecule has 0 heterocycles. The molecule has 0 bridgehead atoms. The summed E-state index contributed by atoms with van der Waals surface area (Å²) in [6.45, 7) is 9.48. The summed E-state index contributed by atoms with van der Waals surface area (Å²) < 4.78 is 29.6. The van der Waals surface area contributed by atoms with E-state index in [9.17, 15) is 24.1 Å². The molecule has 0 amide bonds. The van der Waals surface area contributed by atoms with Crippen molar-refractivity contribution in [3.8, 4) is 0 Å². The number of halogens is 2. The van der Waals surface area contributed by atoms with Gasteiger partial charge >= 0.3 is 0 Å². The van der Waals surface area contributed by atoms with Crippen LogP contribution in [-0.2, 0) is 0 Å². The van der Waals surface area contributed by atoms with E-state index >= 15 is 0 Å². The van der Waals surface area contributed by atoms with Gasteiger partial charge in [0, 0.05) is 12.3 Å². The second-order valence-electron chi connectivity index (χ2n) is 10.9. The standard InChI is InChI=1S/C29H44F2O3/c1-5-28(34,6-2)29(30,31)15-14-19(3)25-12-13-26-21(8-7-9-27(25)26)10-11-22-16-24(33)17-23(18-32)20(22)4/h10-12,19,23-24,26-27,32-34H,4-9,13-18H2,1-3H3/b21-10+,22-11-. The van der Waals surface area contributed by atoms with Crippen LogP contribution in [0.4, 0.5) is 8.78 Å². The SMILES string of the molecule is C=C1/C(=C\C=C2/CCCC3C(C(C)CCC(F)(F)C(O)(CC)CC)=CCC23)CC(O)CC1CO. The van der Waals surface area contributed by atoms with Crippen LogP contribution in [0.2, 0.25) is 0 Å². The molecular formula is C29H44F2O3. The maximum Gasteiger partial charge on any atom is 0.276 e. The van der Waals surface area contributed by atoms with E-state index in [1.807, 2.05) is 0 Å². The number of hydrogen-bond acceptors (Lipinski definition) is 3. The van der Waals surface area contributed by atoms with E-state index in [1.54, 1.807) is 13.8 Å². The van der Waals surface area contributed by atoms with Crippen molar-refractivity contribution in [2.45, 2.75) is 103 Å². The summed E-state index contributed by atoms with van der Waals surface area (Å²) in [7, 11) is 0. The first-order valence-corrected chi connectivity index (χ1v) is 13.2. The predicted octanol–water partition coefficient (Wildman–Crippen LogP) is 6.51. The van der Waals surface area contributed by atoms with E-state index < -0.39 is 17.6 Å². The van der Waals surface area contributed by atoms with Crippen LogP contribution in [0.3, 0.4) is 0 Å². The lowest BCUT2D eigenvalue weighted by Gasteiger charge is -2.36. The summed E-state index contributed by atoms with van der Waals surface area (Å²) >= 11 is 0. The molecule has 0 radical (unpaired) electrons. The number of fused-ring (bicyclic) bond motifs is 1. The lowest BCUT2D eigenvalue weighted by atomic mass is 9.72. The number of aliphatic hydroxyl groups is 3. The Morgan fingerprint density at radius 2 is 1.91 bits per heavy atom. The van der Waals surface area contributed by atoms with Crippen LogP contribution in [0.5, 0.6) is 0 Å². The molecule has 0 aromatic carbocycles. The van der Waals surface area contributed by atoms with E-state index in [1.165, 1.54) is 11.1 Å². The Morgan fingerprint density at radius 1 is 1.21 bits per heavy atom. The molecule has 3 N–H and O–H groups in total. The second-order valence-corrected chi connectivity index (χ2v) is 10.9. The van der Waals surface area contributed by atoms with Crippen LogP contribution in [-0.4, -0.2) is 39.6 Å². The van der Waals surface area contributed by atoms with Crippen molar-refractivity contribution in [2.24, 2.45) is 23.7 Å². The maximum atomic E-state index is 14.8. The molecule has 0 aromatic rings. The quantitative estimate of drug-likeness (QED) is 0.331. The Bertz CT molecular complexity index is 821. The third-order valence-corrected chi connectivity index (χ3v) is 8.93. The predicted molar refractivity (Wildman–Crippen MR) is 134 cm³/mol. The van der Waals surface area contributed by atoms with Crippen LogP contribution in [0.25, 0.3) is 0 Å². The molecule has 5 unspecified atom stereocenters. The van der Waals surface area contributed by atoms with E-state index in [0.717, 1.165) is 36.8 Å². The smallest absolute Gasteiger partial charge is 0.276 e. The van der Waals surface area contributed by atoms with Crippen molar-refractivity contribution in [3.63, 3.8) is 0 Å². The zero-order chi connectivity index (χ0) is 25.1. The molecule has 5 atom stereocenters. The van der Waals surface area contributed by atoms with Crippen LogP contribution >= 0.6 is 0 Å². The Hall–Kier alpha value is -1.30. The molecule has 0 aromatic heterocycles. The van der Waals surface area contributed by atoms with Crippen molar-refractivity contribution in [1.29, 1.82) is 0 Å². The molecule has 2 fully saturated rings. The van der Waals surface area contributed by atoms with E-state index in [-0.39, 0.29) is 37.7 Å². The highest BCUT2D eigenvalue weighted by molar-refractivity contribution is 5.38. The van der Waals surface area contributed by atoms with Gasteiger partial charge in [0.05, 0.1) is 12.7 Å². The fraction of sp³-hybridized carbons (Fsp3) is 0.724. The van der Waals surface area contributed by atoms with Crippen LogP contribution in [0, 0.1) is 23.7 Å². The minimum Gasteiger partial charge on any atom is -0.396 e. The van der Waals surface area contributed by atoms with Gasteiger partial charge in [-0.25, -0.2) is 8.78 Å². The number of alkyl halides is 2. The molecule has 2 saturated carbocycles. The molecule has 3 rings (SSSR count). The van der Waals surface area contributed by atoms with Crippen molar-refractivity contribution in [1.82, 2.24) is 0 Å². The van der Waals surface area contributed by atoms with Gasteiger partial charge in [-0.2, -0.15) is 0 Å². The lowest BCUT2D eigenvalue weighted by Crippen LogP contribution is -2.47. The van der Waals surface area contributed by atoms with Crippen LogP contribution in [0.15, 0.2) is 47.1 Å².